The average molecular weight is 513 g/mol. The van der Waals surface area contributed by atoms with E-state index in [9.17, 15) is 14.0 Å². The first kappa shape index (κ1) is 26.8. The Morgan fingerprint density at radius 2 is 1.60 bits per heavy atom. The summed E-state index contributed by atoms with van der Waals surface area (Å²) in [6.07, 6.45) is 1.19. The van der Waals surface area contributed by atoms with Crippen LogP contribution in [-0.4, -0.2) is 35.1 Å². The first-order chi connectivity index (χ1) is 17.0. The molecule has 3 aromatic carbocycles. The lowest BCUT2D eigenvalue weighted by Gasteiger charge is -2.31. The van der Waals surface area contributed by atoms with Crippen LogP contribution in [0.5, 0.6) is 0 Å². The molecule has 0 fully saturated rings. The fourth-order valence-corrected chi connectivity index (χ4v) is 4.62. The summed E-state index contributed by atoms with van der Waals surface area (Å²) in [6, 6.07) is 22.6. The molecule has 2 amide bonds. The highest BCUT2D eigenvalue weighted by molar-refractivity contribution is 7.99. The topological polar surface area (TPSA) is 49.4 Å². The highest BCUT2D eigenvalue weighted by Crippen LogP contribution is 2.19. The average Bonchev–Trinajstić information content (AvgIpc) is 2.87. The molecule has 0 saturated heterocycles. The number of rotatable bonds is 12. The van der Waals surface area contributed by atoms with Gasteiger partial charge in [-0.05, 0) is 47.4 Å². The molecular formula is C28H30ClFN2O2S. The minimum atomic E-state index is -0.683. The highest BCUT2D eigenvalue weighted by Gasteiger charge is 2.30. The maximum absolute atomic E-state index is 13.5. The summed E-state index contributed by atoms with van der Waals surface area (Å²) in [6.45, 7) is 2.74. The van der Waals surface area contributed by atoms with Crippen molar-refractivity contribution in [2.45, 2.75) is 38.1 Å². The van der Waals surface area contributed by atoms with Gasteiger partial charge in [-0.15, -0.1) is 11.8 Å². The van der Waals surface area contributed by atoms with Gasteiger partial charge in [-0.3, -0.25) is 9.59 Å². The quantitative estimate of drug-likeness (QED) is 0.330. The molecular weight excluding hydrogens is 483 g/mol. The smallest absolute Gasteiger partial charge is 0.243 e. The minimum absolute atomic E-state index is 0.138. The maximum Gasteiger partial charge on any atom is 0.243 e. The summed E-state index contributed by atoms with van der Waals surface area (Å²) in [7, 11) is 0. The number of hydrogen-bond acceptors (Lipinski definition) is 3. The van der Waals surface area contributed by atoms with Gasteiger partial charge in [0.2, 0.25) is 11.8 Å². The van der Waals surface area contributed by atoms with Crippen molar-refractivity contribution in [2.24, 2.45) is 0 Å². The summed E-state index contributed by atoms with van der Waals surface area (Å²) < 4.78 is 13.5. The fraction of sp³-hybridized carbons (Fsp3) is 0.286. The molecule has 0 aliphatic rings. The Kier molecular flexibility index (Phi) is 10.6. The molecule has 0 aliphatic carbocycles. The van der Waals surface area contributed by atoms with E-state index in [1.54, 1.807) is 17.0 Å². The van der Waals surface area contributed by atoms with E-state index >= 15 is 0 Å². The number of carbonyl (C=O) groups is 2. The van der Waals surface area contributed by atoms with Crippen molar-refractivity contribution < 1.29 is 14.0 Å². The molecule has 0 unspecified atom stereocenters. The lowest BCUT2D eigenvalue weighted by molar-refractivity contribution is -0.139. The van der Waals surface area contributed by atoms with E-state index in [0.717, 1.165) is 23.1 Å². The molecule has 184 valence electrons. The number of amides is 2. The Bertz CT molecular complexity index is 1080. The molecule has 3 rings (SSSR count). The molecule has 35 heavy (non-hydrogen) atoms. The number of thioether (sulfide) groups is 1. The molecule has 0 spiro atoms. The van der Waals surface area contributed by atoms with Gasteiger partial charge in [-0.25, -0.2) is 4.39 Å². The van der Waals surface area contributed by atoms with Crippen LogP contribution < -0.4 is 5.32 Å². The van der Waals surface area contributed by atoms with Crippen LogP contribution in [0.4, 0.5) is 4.39 Å². The summed E-state index contributed by atoms with van der Waals surface area (Å²) in [5.74, 6) is 0.205. The van der Waals surface area contributed by atoms with Crippen LogP contribution in [0, 0.1) is 5.82 Å². The van der Waals surface area contributed by atoms with Crippen molar-refractivity contribution in [2.75, 3.05) is 12.3 Å². The molecule has 0 aromatic heterocycles. The van der Waals surface area contributed by atoms with Crippen molar-refractivity contribution in [1.82, 2.24) is 10.2 Å². The molecule has 0 radical (unpaired) electrons. The standard InChI is InChI=1S/C28H30ClFN2O2S/c1-2-16-31-28(34)26(17-21-6-4-3-5-7-21)32(18-22-10-14-25(30)15-11-22)27(33)20-35-19-23-8-12-24(29)13-9-23/h3-15,26H,2,16-20H2,1H3,(H,31,34)/t26-/m0/s1. The third-order valence-corrected chi connectivity index (χ3v) is 6.73. The zero-order valence-corrected chi connectivity index (χ0v) is 21.3. The number of carbonyl (C=O) groups excluding carboxylic acids is 2. The van der Waals surface area contributed by atoms with Crippen molar-refractivity contribution in [3.05, 3.63) is 106 Å². The number of halogens is 2. The second-order valence-corrected chi connectivity index (χ2v) is 9.69. The molecule has 7 heteroatoms. The Morgan fingerprint density at radius 3 is 2.26 bits per heavy atom. The number of benzene rings is 3. The van der Waals surface area contributed by atoms with Gasteiger partial charge in [0, 0.05) is 30.3 Å². The number of nitrogens with one attached hydrogen (secondary N) is 1. The van der Waals surface area contributed by atoms with Crippen molar-refractivity contribution in [3.8, 4) is 0 Å². The van der Waals surface area contributed by atoms with Gasteiger partial charge >= 0.3 is 0 Å². The molecule has 1 atom stereocenters. The Morgan fingerprint density at radius 1 is 0.943 bits per heavy atom. The zero-order valence-electron chi connectivity index (χ0n) is 19.8. The first-order valence-electron chi connectivity index (χ1n) is 11.6. The number of nitrogens with zero attached hydrogens (tertiary/aromatic N) is 1. The molecule has 0 bridgehead atoms. The summed E-state index contributed by atoms with van der Waals surface area (Å²) in [4.78, 5) is 28.4. The lowest BCUT2D eigenvalue weighted by atomic mass is 10.0. The van der Waals surface area contributed by atoms with Crippen molar-refractivity contribution in [3.63, 3.8) is 0 Å². The van der Waals surface area contributed by atoms with Crippen LogP contribution in [0.25, 0.3) is 0 Å². The maximum atomic E-state index is 13.5. The van der Waals surface area contributed by atoms with Gasteiger partial charge in [0.25, 0.3) is 0 Å². The van der Waals surface area contributed by atoms with E-state index in [4.69, 9.17) is 11.6 Å². The summed E-state index contributed by atoms with van der Waals surface area (Å²) in [5.41, 5.74) is 2.80. The van der Waals surface area contributed by atoms with Crippen LogP contribution in [0.3, 0.4) is 0 Å². The van der Waals surface area contributed by atoms with Crippen LogP contribution in [0.2, 0.25) is 5.02 Å². The van der Waals surface area contributed by atoms with Gasteiger partial charge in [-0.1, -0.05) is 73.1 Å². The number of hydrogen-bond donors (Lipinski definition) is 1. The van der Waals surface area contributed by atoms with E-state index < -0.39 is 6.04 Å². The Balaban J connectivity index is 1.81. The molecule has 0 saturated carbocycles. The van der Waals surface area contributed by atoms with Crippen LogP contribution in [0.15, 0.2) is 78.9 Å². The molecule has 0 aliphatic heterocycles. The second kappa shape index (κ2) is 13.9. The predicted octanol–water partition coefficient (Wildman–Crippen LogP) is 5.88. The lowest BCUT2D eigenvalue weighted by Crippen LogP contribution is -2.51. The zero-order chi connectivity index (χ0) is 25.0. The van der Waals surface area contributed by atoms with Crippen molar-refractivity contribution in [1.29, 1.82) is 0 Å². The largest absolute Gasteiger partial charge is 0.354 e. The van der Waals surface area contributed by atoms with Crippen molar-refractivity contribution >= 4 is 35.2 Å². The van der Waals surface area contributed by atoms with E-state index in [-0.39, 0.29) is 29.9 Å². The summed E-state index contributed by atoms with van der Waals surface area (Å²) in [5, 5.41) is 3.63. The monoisotopic (exact) mass is 512 g/mol. The minimum Gasteiger partial charge on any atom is -0.354 e. The van der Waals surface area contributed by atoms with E-state index in [0.29, 0.717) is 23.7 Å². The fourth-order valence-electron chi connectivity index (χ4n) is 3.63. The van der Waals surface area contributed by atoms with Gasteiger partial charge < -0.3 is 10.2 Å². The van der Waals surface area contributed by atoms with Gasteiger partial charge in [-0.2, -0.15) is 0 Å². The first-order valence-corrected chi connectivity index (χ1v) is 13.2. The van der Waals surface area contributed by atoms with Gasteiger partial charge in [0.05, 0.1) is 5.75 Å². The highest BCUT2D eigenvalue weighted by atomic mass is 35.5. The third kappa shape index (κ3) is 8.71. The molecule has 1 N–H and O–H groups in total. The van der Waals surface area contributed by atoms with E-state index in [1.807, 2.05) is 61.5 Å². The van der Waals surface area contributed by atoms with Crippen LogP contribution in [-0.2, 0) is 28.3 Å². The Hall–Kier alpha value is -2.83. The normalized spacial score (nSPS) is 11.6. The van der Waals surface area contributed by atoms with E-state index in [1.165, 1.54) is 23.9 Å². The SMILES string of the molecule is CCCNC(=O)[C@H](Cc1ccccc1)N(Cc1ccc(F)cc1)C(=O)CSCc1ccc(Cl)cc1. The molecule has 3 aromatic rings. The molecule has 0 heterocycles. The van der Waals surface area contributed by atoms with E-state index in [2.05, 4.69) is 5.32 Å². The third-order valence-electron chi connectivity index (χ3n) is 5.49. The Labute approximate surface area is 215 Å². The van der Waals surface area contributed by atoms with Gasteiger partial charge in [0.15, 0.2) is 0 Å². The second-order valence-electron chi connectivity index (χ2n) is 8.26. The van der Waals surface area contributed by atoms with Gasteiger partial charge in [0.1, 0.15) is 11.9 Å². The van der Waals surface area contributed by atoms with Crippen LogP contribution in [0.1, 0.15) is 30.0 Å². The predicted molar refractivity (Wildman–Crippen MR) is 142 cm³/mol. The summed E-state index contributed by atoms with van der Waals surface area (Å²) >= 11 is 7.45. The molecule has 4 nitrogen and oxygen atoms in total. The van der Waals surface area contributed by atoms with Crippen LogP contribution >= 0.6 is 23.4 Å².